The number of carbonyl (C=O) groups excluding carboxylic acids is 1. The minimum Gasteiger partial charge on any atom is -0.350 e. The standard InChI is InChI=1S/C10H13F3N4OS.ClH/c11-10(12,13)19-4-3-15-9(18)8-6-5-14-2-1-7(6)16-17-8;/h14H,1-5H2,(H,15,18)(H,16,17);1H. The molecule has 0 spiro atoms. The van der Waals surface area contributed by atoms with E-state index in [9.17, 15) is 18.0 Å². The van der Waals surface area contributed by atoms with Crippen LogP contribution < -0.4 is 10.6 Å². The SMILES string of the molecule is Cl.O=C(NCCSC(F)(F)F)c1n[nH]c2c1CNCC2. The van der Waals surface area contributed by atoms with E-state index in [0.717, 1.165) is 24.2 Å². The van der Waals surface area contributed by atoms with Crippen LogP contribution in [0.2, 0.25) is 0 Å². The summed E-state index contributed by atoms with van der Waals surface area (Å²) >= 11 is -0.154. The summed E-state index contributed by atoms with van der Waals surface area (Å²) in [7, 11) is 0. The number of alkyl halides is 3. The largest absolute Gasteiger partial charge is 0.441 e. The average molecular weight is 331 g/mol. The molecule has 1 aliphatic rings. The fourth-order valence-corrected chi connectivity index (χ4v) is 2.26. The van der Waals surface area contributed by atoms with Crippen molar-refractivity contribution in [1.29, 1.82) is 0 Å². The number of thioether (sulfide) groups is 1. The second-order valence-corrected chi connectivity index (χ2v) is 5.17. The number of amides is 1. The summed E-state index contributed by atoms with van der Waals surface area (Å²) in [6, 6.07) is 0. The lowest BCUT2D eigenvalue weighted by molar-refractivity contribution is -0.0327. The van der Waals surface area contributed by atoms with Gasteiger partial charge in [-0.15, -0.1) is 12.4 Å². The highest BCUT2D eigenvalue weighted by Crippen LogP contribution is 2.29. The van der Waals surface area contributed by atoms with Crippen molar-refractivity contribution in [3.8, 4) is 0 Å². The van der Waals surface area contributed by atoms with Crippen LogP contribution in [0, 0.1) is 0 Å². The summed E-state index contributed by atoms with van der Waals surface area (Å²) < 4.78 is 35.7. The second-order valence-electron chi connectivity index (χ2n) is 4.01. The van der Waals surface area contributed by atoms with Crippen LogP contribution in [0.3, 0.4) is 0 Å². The Bertz CT molecular complexity index is 466. The Hall–Kier alpha value is -0.930. The summed E-state index contributed by atoms with van der Waals surface area (Å²) in [6.07, 6.45) is 0.763. The van der Waals surface area contributed by atoms with E-state index in [1.54, 1.807) is 0 Å². The zero-order valence-electron chi connectivity index (χ0n) is 10.3. The zero-order chi connectivity index (χ0) is 13.9. The second kappa shape index (κ2) is 7.19. The zero-order valence-corrected chi connectivity index (χ0v) is 12.0. The van der Waals surface area contributed by atoms with Crippen molar-refractivity contribution >= 4 is 30.1 Å². The molecule has 1 amide bonds. The third kappa shape index (κ3) is 4.57. The number of carbonyl (C=O) groups is 1. The molecule has 0 bridgehead atoms. The quantitative estimate of drug-likeness (QED) is 0.731. The van der Waals surface area contributed by atoms with Gasteiger partial charge in [-0.2, -0.15) is 18.3 Å². The number of nitrogens with zero attached hydrogens (tertiary/aromatic N) is 1. The van der Waals surface area contributed by atoms with Gasteiger partial charge in [0.15, 0.2) is 5.69 Å². The molecule has 3 N–H and O–H groups in total. The number of nitrogens with one attached hydrogen (secondary N) is 3. The molecule has 1 aliphatic heterocycles. The van der Waals surface area contributed by atoms with Gasteiger partial charge in [0.05, 0.1) is 0 Å². The first kappa shape index (κ1) is 17.1. The van der Waals surface area contributed by atoms with Gasteiger partial charge in [-0.25, -0.2) is 0 Å². The highest BCUT2D eigenvalue weighted by atomic mass is 35.5. The Balaban J connectivity index is 0.00000200. The van der Waals surface area contributed by atoms with E-state index in [1.165, 1.54) is 0 Å². The van der Waals surface area contributed by atoms with Crippen molar-refractivity contribution < 1.29 is 18.0 Å². The van der Waals surface area contributed by atoms with E-state index in [0.29, 0.717) is 6.54 Å². The highest BCUT2D eigenvalue weighted by molar-refractivity contribution is 8.00. The molecule has 1 aromatic rings. The maximum Gasteiger partial charge on any atom is 0.441 e. The lowest BCUT2D eigenvalue weighted by Gasteiger charge is -2.12. The fraction of sp³-hybridized carbons (Fsp3) is 0.600. The van der Waals surface area contributed by atoms with E-state index in [4.69, 9.17) is 0 Å². The Morgan fingerprint density at radius 1 is 1.45 bits per heavy atom. The molecule has 10 heteroatoms. The first-order valence-electron chi connectivity index (χ1n) is 5.73. The van der Waals surface area contributed by atoms with Gasteiger partial charge in [-0.05, 0) is 11.8 Å². The number of rotatable bonds is 4. The van der Waals surface area contributed by atoms with Crippen molar-refractivity contribution in [2.45, 2.75) is 18.5 Å². The van der Waals surface area contributed by atoms with E-state index in [2.05, 4.69) is 20.8 Å². The summed E-state index contributed by atoms with van der Waals surface area (Å²) in [5, 5.41) is 12.3. The first-order chi connectivity index (χ1) is 8.97. The molecular weight excluding hydrogens is 317 g/mol. The van der Waals surface area contributed by atoms with Gasteiger partial charge >= 0.3 is 5.51 Å². The van der Waals surface area contributed by atoms with Crippen LogP contribution in [0.4, 0.5) is 13.2 Å². The molecular formula is C10H14ClF3N4OS. The smallest absolute Gasteiger partial charge is 0.350 e. The van der Waals surface area contributed by atoms with Crippen LogP contribution >= 0.6 is 24.2 Å². The molecule has 0 aliphatic carbocycles. The summed E-state index contributed by atoms with van der Waals surface area (Å²) in [5.74, 6) is -0.649. The molecule has 0 saturated heterocycles. The monoisotopic (exact) mass is 330 g/mol. The molecule has 0 saturated carbocycles. The van der Waals surface area contributed by atoms with Crippen molar-refractivity contribution in [1.82, 2.24) is 20.8 Å². The summed E-state index contributed by atoms with van der Waals surface area (Å²) in [5.41, 5.74) is -2.29. The Morgan fingerprint density at radius 3 is 2.90 bits per heavy atom. The maximum absolute atomic E-state index is 11.9. The van der Waals surface area contributed by atoms with Crippen molar-refractivity contribution in [3.63, 3.8) is 0 Å². The molecule has 2 heterocycles. The van der Waals surface area contributed by atoms with Crippen LogP contribution in [0.25, 0.3) is 0 Å². The molecule has 5 nitrogen and oxygen atoms in total. The molecule has 0 atom stereocenters. The molecule has 0 unspecified atom stereocenters. The predicted octanol–water partition coefficient (Wildman–Crippen LogP) is 1.46. The Labute approximate surface area is 123 Å². The van der Waals surface area contributed by atoms with Gasteiger partial charge < -0.3 is 10.6 Å². The predicted molar refractivity (Wildman–Crippen MR) is 72.1 cm³/mol. The normalized spacial score (nSPS) is 14.3. The molecule has 0 radical (unpaired) electrons. The van der Waals surface area contributed by atoms with Gasteiger partial charge in [0, 0.05) is 43.1 Å². The number of aromatic nitrogens is 2. The van der Waals surface area contributed by atoms with Crippen molar-refractivity contribution in [2.24, 2.45) is 0 Å². The van der Waals surface area contributed by atoms with Crippen molar-refractivity contribution in [3.05, 3.63) is 17.0 Å². The number of halogens is 4. The third-order valence-corrected chi connectivity index (χ3v) is 3.41. The average Bonchev–Trinajstić information content (AvgIpc) is 2.77. The molecule has 0 fully saturated rings. The number of hydrogen-bond acceptors (Lipinski definition) is 4. The van der Waals surface area contributed by atoms with Gasteiger partial charge in [0.1, 0.15) is 0 Å². The maximum atomic E-state index is 11.9. The fourth-order valence-electron chi connectivity index (χ4n) is 1.83. The molecule has 114 valence electrons. The minimum absolute atomic E-state index is 0. The number of H-pyrrole nitrogens is 1. The van der Waals surface area contributed by atoms with Gasteiger partial charge in [-0.3, -0.25) is 9.89 Å². The van der Waals surface area contributed by atoms with Crippen LogP contribution in [-0.4, -0.2) is 40.5 Å². The Kier molecular flexibility index (Phi) is 6.15. The third-order valence-electron chi connectivity index (χ3n) is 2.67. The summed E-state index contributed by atoms with van der Waals surface area (Å²) in [4.78, 5) is 11.8. The van der Waals surface area contributed by atoms with Crippen LogP contribution in [0.5, 0.6) is 0 Å². The molecule has 0 aromatic carbocycles. The topological polar surface area (TPSA) is 69.8 Å². The highest BCUT2D eigenvalue weighted by Gasteiger charge is 2.27. The van der Waals surface area contributed by atoms with Gasteiger partial charge in [0.2, 0.25) is 0 Å². The van der Waals surface area contributed by atoms with E-state index >= 15 is 0 Å². The Morgan fingerprint density at radius 2 is 2.20 bits per heavy atom. The minimum atomic E-state index is -4.26. The van der Waals surface area contributed by atoms with E-state index in [1.807, 2.05) is 0 Å². The van der Waals surface area contributed by atoms with Crippen LogP contribution in [0.1, 0.15) is 21.7 Å². The molecule has 1 aromatic heterocycles. The van der Waals surface area contributed by atoms with Gasteiger partial charge in [-0.1, -0.05) is 0 Å². The molecule has 2 rings (SSSR count). The lowest BCUT2D eigenvalue weighted by atomic mass is 10.1. The first-order valence-corrected chi connectivity index (χ1v) is 6.71. The number of fused-ring (bicyclic) bond motifs is 1. The molecule has 20 heavy (non-hydrogen) atoms. The van der Waals surface area contributed by atoms with Crippen molar-refractivity contribution in [2.75, 3.05) is 18.8 Å². The lowest BCUT2D eigenvalue weighted by Crippen LogP contribution is -2.30. The van der Waals surface area contributed by atoms with Crippen LogP contribution in [-0.2, 0) is 13.0 Å². The van der Waals surface area contributed by atoms with E-state index in [-0.39, 0.29) is 42.2 Å². The summed E-state index contributed by atoms with van der Waals surface area (Å²) in [6.45, 7) is 1.32. The number of hydrogen-bond donors (Lipinski definition) is 3. The van der Waals surface area contributed by atoms with Crippen LogP contribution in [0.15, 0.2) is 0 Å². The number of aromatic amines is 1. The van der Waals surface area contributed by atoms with Gasteiger partial charge in [0.25, 0.3) is 5.91 Å². The van der Waals surface area contributed by atoms with E-state index < -0.39 is 11.4 Å².